The molecule has 0 unspecified atom stereocenters. The lowest BCUT2D eigenvalue weighted by molar-refractivity contribution is -0.0459. The standard InChI is InChI=1S/C12H15ClO3/c1-7-6-9(14-3)10(8(2)11(7)13)12-15-4-5-16-12/h6,12H,4-5H2,1-3H3. The summed E-state index contributed by atoms with van der Waals surface area (Å²) >= 11 is 6.22. The van der Waals surface area contributed by atoms with Crippen LogP contribution in [0.3, 0.4) is 0 Å². The van der Waals surface area contributed by atoms with E-state index in [2.05, 4.69) is 0 Å². The van der Waals surface area contributed by atoms with E-state index in [1.54, 1.807) is 7.11 Å². The monoisotopic (exact) mass is 242 g/mol. The molecule has 1 aromatic carbocycles. The van der Waals surface area contributed by atoms with Crippen LogP contribution in [0.1, 0.15) is 23.0 Å². The fourth-order valence-corrected chi connectivity index (χ4v) is 2.08. The van der Waals surface area contributed by atoms with Gasteiger partial charge < -0.3 is 14.2 Å². The maximum Gasteiger partial charge on any atom is 0.187 e. The highest BCUT2D eigenvalue weighted by atomic mass is 35.5. The lowest BCUT2D eigenvalue weighted by Gasteiger charge is -2.18. The summed E-state index contributed by atoms with van der Waals surface area (Å²) in [4.78, 5) is 0. The van der Waals surface area contributed by atoms with Crippen molar-refractivity contribution in [3.8, 4) is 5.75 Å². The summed E-state index contributed by atoms with van der Waals surface area (Å²) in [5, 5.41) is 0.745. The Kier molecular flexibility index (Phi) is 3.38. The van der Waals surface area contributed by atoms with Gasteiger partial charge in [-0.1, -0.05) is 11.6 Å². The van der Waals surface area contributed by atoms with Gasteiger partial charge in [0, 0.05) is 5.02 Å². The molecule has 1 heterocycles. The lowest BCUT2D eigenvalue weighted by atomic mass is 10.0. The van der Waals surface area contributed by atoms with Crippen LogP contribution in [-0.4, -0.2) is 20.3 Å². The van der Waals surface area contributed by atoms with Gasteiger partial charge in [0.15, 0.2) is 6.29 Å². The molecule has 1 aliphatic heterocycles. The van der Waals surface area contributed by atoms with Crippen molar-refractivity contribution in [1.82, 2.24) is 0 Å². The molecule has 1 aliphatic rings. The van der Waals surface area contributed by atoms with Crippen LogP contribution < -0.4 is 4.74 Å². The van der Waals surface area contributed by atoms with Gasteiger partial charge in [-0.2, -0.15) is 0 Å². The Hall–Kier alpha value is -0.770. The smallest absolute Gasteiger partial charge is 0.187 e. The number of rotatable bonds is 2. The molecule has 0 atom stereocenters. The third kappa shape index (κ3) is 1.90. The maximum absolute atomic E-state index is 6.22. The van der Waals surface area contributed by atoms with E-state index in [0.29, 0.717) is 13.2 Å². The zero-order chi connectivity index (χ0) is 11.7. The third-order valence-corrected chi connectivity index (χ3v) is 3.35. The van der Waals surface area contributed by atoms with Crippen LogP contribution >= 0.6 is 11.6 Å². The molecule has 0 radical (unpaired) electrons. The molecule has 0 bridgehead atoms. The molecular weight excluding hydrogens is 228 g/mol. The van der Waals surface area contributed by atoms with Crippen molar-refractivity contribution >= 4 is 11.6 Å². The predicted octanol–water partition coefficient (Wildman–Crippen LogP) is 3.01. The summed E-state index contributed by atoms with van der Waals surface area (Å²) in [6, 6.07) is 1.91. The highest BCUT2D eigenvalue weighted by molar-refractivity contribution is 6.32. The molecule has 1 aromatic rings. The Morgan fingerprint density at radius 2 is 1.94 bits per heavy atom. The van der Waals surface area contributed by atoms with Crippen LogP contribution in [0.4, 0.5) is 0 Å². The molecule has 0 aliphatic carbocycles. The Labute approximate surface area is 100 Å². The van der Waals surface area contributed by atoms with Gasteiger partial charge in [0.05, 0.1) is 25.9 Å². The third-order valence-electron chi connectivity index (χ3n) is 2.77. The molecule has 0 amide bonds. The van der Waals surface area contributed by atoms with Crippen molar-refractivity contribution < 1.29 is 14.2 Å². The summed E-state index contributed by atoms with van der Waals surface area (Å²) in [6.45, 7) is 5.13. The predicted molar refractivity (Wildman–Crippen MR) is 62.1 cm³/mol. The first-order valence-electron chi connectivity index (χ1n) is 5.22. The van der Waals surface area contributed by atoms with Crippen LogP contribution in [-0.2, 0) is 9.47 Å². The minimum absolute atomic E-state index is 0.354. The van der Waals surface area contributed by atoms with Gasteiger partial charge in [-0.15, -0.1) is 0 Å². The molecule has 16 heavy (non-hydrogen) atoms. The van der Waals surface area contributed by atoms with E-state index in [0.717, 1.165) is 27.5 Å². The molecule has 0 spiro atoms. The normalized spacial score (nSPS) is 16.8. The van der Waals surface area contributed by atoms with E-state index in [9.17, 15) is 0 Å². The summed E-state index contributed by atoms with van der Waals surface area (Å²) in [5.74, 6) is 0.770. The minimum atomic E-state index is -0.354. The average Bonchev–Trinajstić information content (AvgIpc) is 2.78. The SMILES string of the molecule is COc1cc(C)c(Cl)c(C)c1C1OCCO1. The summed E-state index contributed by atoms with van der Waals surface area (Å²) < 4.78 is 16.3. The molecular formula is C12H15ClO3. The second-order valence-corrected chi connectivity index (χ2v) is 4.20. The minimum Gasteiger partial charge on any atom is -0.496 e. The van der Waals surface area contributed by atoms with Crippen LogP contribution in [0.5, 0.6) is 5.75 Å². The molecule has 0 saturated carbocycles. The van der Waals surface area contributed by atoms with Crippen molar-refractivity contribution in [2.45, 2.75) is 20.1 Å². The van der Waals surface area contributed by atoms with Crippen molar-refractivity contribution in [3.63, 3.8) is 0 Å². The first kappa shape index (κ1) is 11.7. The summed E-state index contributed by atoms with van der Waals surface area (Å²) in [7, 11) is 1.64. The number of benzene rings is 1. The van der Waals surface area contributed by atoms with E-state index in [1.165, 1.54) is 0 Å². The average molecular weight is 243 g/mol. The molecule has 1 saturated heterocycles. The molecule has 1 fully saturated rings. The fraction of sp³-hybridized carbons (Fsp3) is 0.500. The van der Waals surface area contributed by atoms with Gasteiger partial charge in [0.1, 0.15) is 5.75 Å². The summed E-state index contributed by atoms with van der Waals surface area (Å²) in [6.07, 6.45) is -0.354. The van der Waals surface area contributed by atoms with E-state index >= 15 is 0 Å². The van der Waals surface area contributed by atoms with Crippen LogP contribution in [0, 0.1) is 13.8 Å². The fourth-order valence-electron chi connectivity index (χ4n) is 1.92. The Morgan fingerprint density at radius 1 is 1.31 bits per heavy atom. The maximum atomic E-state index is 6.22. The lowest BCUT2D eigenvalue weighted by Crippen LogP contribution is -2.05. The van der Waals surface area contributed by atoms with Gasteiger partial charge >= 0.3 is 0 Å². The zero-order valence-corrected chi connectivity index (χ0v) is 10.4. The molecule has 2 rings (SSSR count). The number of methoxy groups -OCH3 is 1. The van der Waals surface area contributed by atoms with E-state index in [4.69, 9.17) is 25.8 Å². The van der Waals surface area contributed by atoms with Crippen LogP contribution in [0.2, 0.25) is 5.02 Å². The van der Waals surface area contributed by atoms with Crippen molar-refractivity contribution in [1.29, 1.82) is 0 Å². The Balaban J connectivity index is 2.52. The number of hydrogen-bond acceptors (Lipinski definition) is 3. The second-order valence-electron chi connectivity index (χ2n) is 3.82. The topological polar surface area (TPSA) is 27.7 Å². The van der Waals surface area contributed by atoms with Crippen LogP contribution in [0.15, 0.2) is 6.07 Å². The number of ether oxygens (including phenoxy) is 3. The van der Waals surface area contributed by atoms with Crippen molar-refractivity contribution in [2.24, 2.45) is 0 Å². The van der Waals surface area contributed by atoms with Gasteiger partial charge in [-0.25, -0.2) is 0 Å². The number of halogens is 1. The van der Waals surface area contributed by atoms with E-state index in [-0.39, 0.29) is 6.29 Å². The van der Waals surface area contributed by atoms with Crippen molar-refractivity contribution in [3.05, 3.63) is 27.8 Å². The quantitative estimate of drug-likeness (QED) is 0.798. The van der Waals surface area contributed by atoms with Gasteiger partial charge in [0.25, 0.3) is 0 Å². The molecule has 4 heteroatoms. The van der Waals surface area contributed by atoms with Crippen LogP contribution in [0.25, 0.3) is 0 Å². The van der Waals surface area contributed by atoms with Gasteiger partial charge in [0.2, 0.25) is 0 Å². The summed E-state index contributed by atoms with van der Waals surface area (Å²) in [5.41, 5.74) is 2.86. The Morgan fingerprint density at radius 3 is 2.50 bits per heavy atom. The highest BCUT2D eigenvalue weighted by Gasteiger charge is 2.25. The largest absolute Gasteiger partial charge is 0.496 e. The van der Waals surface area contributed by atoms with E-state index < -0.39 is 0 Å². The number of aryl methyl sites for hydroxylation is 1. The van der Waals surface area contributed by atoms with Gasteiger partial charge in [-0.3, -0.25) is 0 Å². The molecule has 0 N–H and O–H groups in total. The molecule has 3 nitrogen and oxygen atoms in total. The zero-order valence-electron chi connectivity index (χ0n) is 9.67. The highest BCUT2D eigenvalue weighted by Crippen LogP contribution is 2.38. The van der Waals surface area contributed by atoms with E-state index in [1.807, 2.05) is 19.9 Å². The molecule has 88 valence electrons. The first-order chi connectivity index (χ1) is 7.65. The molecule has 0 aromatic heterocycles. The Bertz CT molecular complexity index is 398. The second kappa shape index (κ2) is 4.62. The van der Waals surface area contributed by atoms with Gasteiger partial charge in [-0.05, 0) is 31.0 Å². The first-order valence-corrected chi connectivity index (χ1v) is 5.59. The van der Waals surface area contributed by atoms with Crippen molar-refractivity contribution in [2.75, 3.05) is 20.3 Å². The number of hydrogen-bond donors (Lipinski definition) is 0.